The lowest BCUT2D eigenvalue weighted by molar-refractivity contribution is 0.717. The second-order valence-corrected chi connectivity index (χ2v) is 2.91. The highest BCUT2D eigenvalue weighted by Gasteiger charge is 2.13. The molecule has 11 heavy (non-hydrogen) atoms. The molecule has 1 aliphatic rings. The predicted molar refractivity (Wildman–Crippen MR) is 43.6 cm³/mol. The number of rotatable bonds is 0. The van der Waals surface area contributed by atoms with Gasteiger partial charge < -0.3 is 4.90 Å². The van der Waals surface area contributed by atoms with E-state index in [2.05, 4.69) is 28.2 Å². The van der Waals surface area contributed by atoms with Gasteiger partial charge in [-0.3, -0.25) is 0 Å². The van der Waals surface area contributed by atoms with Crippen LogP contribution in [-0.2, 0) is 6.42 Å². The number of anilines is 1. The smallest absolute Gasteiger partial charge is 0.154 e. The van der Waals surface area contributed by atoms with E-state index in [1.165, 1.54) is 12.0 Å². The van der Waals surface area contributed by atoms with Crippen LogP contribution in [0.5, 0.6) is 0 Å². The van der Waals surface area contributed by atoms with Crippen molar-refractivity contribution in [3.05, 3.63) is 17.8 Å². The molecular formula is C8H11N3. The summed E-state index contributed by atoms with van der Waals surface area (Å²) in [6, 6.07) is 2.05. The van der Waals surface area contributed by atoms with Crippen LogP contribution in [0, 0.1) is 0 Å². The van der Waals surface area contributed by atoms with Crippen LogP contribution in [0.3, 0.4) is 0 Å². The van der Waals surface area contributed by atoms with Crippen molar-refractivity contribution in [3.63, 3.8) is 0 Å². The first-order valence-corrected chi connectivity index (χ1v) is 3.89. The van der Waals surface area contributed by atoms with Gasteiger partial charge in [0.2, 0.25) is 0 Å². The van der Waals surface area contributed by atoms with Gasteiger partial charge in [-0.05, 0) is 24.5 Å². The lowest BCUT2D eigenvalue weighted by Gasteiger charge is -2.24. The molecule has 1 aromatic rings. The van der Waals surface area contributed by atoms with Crippen LogP contribution in [0.4, 0.5) is 5.82 Å². The summed E-state index contributed by atoms with van der Waals surface area (Å²) in [4.78, 5) is 2.16. The number of nitrogens with zero attached hydrogens (tertiary/aromatic N) is 3. The highest BCUT2D eigenvalue weighted by Crippen LogP contribution is 2.21. The molecule has 3 heteroatoms. The zero-order valence-corrected chi connectivity index (χ0v) is 6.62. The molecule has 0 spiro atoms. The minimum Gasteiger partial charge on any atom is -0.358 e. The summed E-state index contributed by atoms with van der Waals surface area (Å²) in [6.07, 6.45) is 4.14. The minimum absolute atomic E-state index is 1.05. The summed E-state index contributed by atoms with van der Waals surface area (Å²) in [6.45, 7) is 1.10. The van der Waals surface area contributed by atoms with E-state index in [1.807, 2.05) is 0 Å². The standard InChI is InChI=1S/C8H11N3/c1-11-6-2-3-7-4-5-9-10-8(7)11/h4-5H,2-3,6H2,1H3. The van der Waals surface area contributed by atoms with Crippen molar-refractivity contribution in [1.82, 2.24) is 10.2 Å². The average Bonchev–Trinajstić information content (AvgIpc) is 2.06. The Labute approximate surface area is 66.1 Å². The lowest BCUT2D eigenvalue weighted by atomic mass is 10.1. The number of hydrogen-bond acceptors (Lipinski definition) is 3. The summed E-state index contributed by atoms with van der Waals surface area (Å²) >= 11 is 0. The average molecular weight is 149 g/mol. The molecule has 0 saturated heterocycles. The molecule has 3 nitrogen and oxygen atoms in total. The van der Waals surface area contributed by atoms with Gasteiger partial charge in [0, 0.05) is 13.6 Å². The molecule has 2 rings (SSSR count). The largest absolute Gasteiger partial charge is 0.358 e. The molecule has 58 valence electrons. The van der Waals surface area contributed by atoms with E-state index >= 15 is 0 Å². The van der Waals surface area contributed by atoms with Crippen LogP contribution < -0.4 is 4.90 Å². The van der Waals surface area contributed by atoms with Crippen molar-refractivity contribution >= 4 is 5.82 Å². The molecule has 1 aliphatic heterocycles. The molecule has 2 heterocycles. The summed E-state index contributed by atoms with van der Waals surface area (Å²) < 4.78 is 0. The molecule has 0 atom stereocenters. The van der Waals surface area contributed by atoms with Gasteiger partial charge in [0.15, 0.2) is 5.82 Å². The van der Waals surface area contributed by atoms with Gasteiger partial charge in [0.25, 0.3) is 0 Å². The second kappa shape index (κ2) is 2.49. The van der Waals surface area contributed by atoms with E-state index in [4.69, 9.17) is 0 Å². The number of fused-ring (bicyclic) bond motifs is 1. The van der Waals surface area contributed by atoms with Crippen LogP contribution in [0.25, 0.3) is 0 Å². The van der Waals surface area contributed by atoms with E-state index in [0.717, 1.165) is 18.8 Å². The van der Waals surface area contributed by atoms with Gasteiger partial charge in [-0.15, -0.1) is 5.10 Å². The van der Waals surface area contributed by atoms with Crippen molar-refractivity contribution in [2.75, 3.05) is 18.5 Å². The van der Waals surface area contributed by atoms with Crippen LogP contribution >= 0.6 is 0 Å². The first-order valence-electron chi connectivity index (χ1n) is 3.89. The van der Waals surface area contributed by atoms with Crippen molar-refractivity contribution in [2.24, 2.45) is 0 Å². The number of aryl methyl sites for hydroxylation is 1. The predicted octanol–water partition coefficient (Wildman–Crippen LogP) is 0.859. The summed E-state index contributed by atoms with van der Waals surface area (Å²) in [7, 11) is 2.06. The maximum absolute atomic E-state index is 4.08. The van der Waals surface area contributed by atoms with Crippen molar-refractivity contribution in [1.29, 1.82) is 0 Å². The zero-order valence-electron chi connectivity index (χ0n) is 6.62. The number of aromatic nitrogens is 2. The molecule has 0 bridgehead atoms. The SMILES string of the molecule is CN1CCCc2ccnnc21. The van der Waals surface area contributed by atoms with Crippen LogP contribution in [0.15, 0.2) is 12.3 Å². The van der Waals surface area contributed by atoms with E-state index in [1.54, 1.807) is 6.20 Å². The fraction of sp³-hybridized carbons (Fsp3) is 0.500. The van der Waals surface area contributed by atoms with Crippen molar-refractivity contribution < 1.29 is 0 Å². The van der Waals surface area contributed by atoms with Gasteiger partial charge in [0.1, 0.15) is 0 Å². The molecule has 0 aliphatic carbocycles. The Morgan fingerprint density at radius 1 is 1.55 bits per heavy atom. The van der Waals surface area contributed by atoms with Gasteiger partial charge in [0.05, 0.1) is 6.20 Å². The Hall–Kier alpha value is -1.12. The molecule has 1 aromatic heterocycles. The molecule has 0 aromatic carbocycles. The second-order valence-electron chi connectivity index (χ2n) is 2.91. The minimum atomic E-state index is 1.05. The third-order valence-corrected chi connectivity index (χ3v) is 2.08. The van der Waals surface area contributed by atoms with Crippen LogP contribution in [0.1, 0.15) is 12.0 Å². The molecule has 0 fully saturated rings. The van der Waals surface area contributed by atoms with Crippen molar-refractivity contribution in [3.8, 4) is 0 Å². The molecule has 0 amide bonds. The summed E-state index contributed by atoms with van der Waals surface area (Å²) in [5, 5.41) is 7.93. The third-order valence-electron chi connectivity index (χ3n) is 2.08. The fourth-order valence-corrected chi connectivity index (χ4v) is 1.48. The Morgan fingerprint density at radius 3 is 3.27 bits per heavy atom. The number of hydrogen-bond donors (Lipinski definition) is 0. The highest BCUT2D eigenvalue weighted by atomic mass is 15.2. The maximum Gasteiger partial charge on any atom is 0.154 e. The molecule has 0 unspecified atom stereocenters. The van der Waals surface area contributed by atoms with Gasteiger partial charge in [-0.25, -0.2) is 0 Å². The van der Waals surface area contributed by atoms with Crippen molar-refractivity contribution in [2.45, 2.75) is 12.8 Å². The van der Waals surface area contributed by atoms with E-state index in [0.29, 0.717) is 0 Å². The Morgan fingerprint density at radius 2 is 2.45 bits per heavy atom. The lowest BCUT2D eigenvalue weighted by Crippen LogP contribution is -2.25. The monoisotopic (exact) mass is 149 g/mol. The zero-order chi connectivity index (χ0) is 7.68. The Balaban J connectivity index is 2.44. The molecular weight excluding hydrogens is 138 g/mol. The molecule has 0 saturated carbocycles. The Bertz CT molecular complexity index is 259. The Kier molecular flexibility index (Phi) is 1.49. The van der Waals surface area contributed by atoms with E-state index in [9.17, 15) is 0 Å². The maximum atomic E-state index is 4.08. The molecule has 0 radical (unpaired) electrons. The van der Waals surface area contributed by atoms with E-state index in [-0.39, 0.29) is 0 Å². The fourth-order valence-electron chi connectivity index (χ4n) is 1.48. The quantitative estimate of drug-likeness (QED) is 0.548. The first-order chi connectivity index (χ1) is 5.38. The topological polar surface area (TPSA) is 29.0 Å². The van der Waals surface area contributed by atoms with Gasteiger partial charge >= 0.3 is 0 Å². The highest BCUT2D eigenvalue weighted by molar-refractivity contribution is 5.46. The normalized spacial score (nSPS) is 16.3. The first kappa shape index (κ1) is 6.58. The van der Waals surface area contributed by atoms with Gasteiger partial charge in [-0.1, -0.05) is 0 Å². The van der Waals surface area contributed by atoms with E-state index < -0.39 is 0 Å². The molecule has 0 N–H and O–H groups in total. The van der Waals surface area contributed by atoms with Gasteiger partial charge in [-0.2, -0.15) is 5.10 Å². The third kappa shape index (κ3) is 1.06. The summed E-state index contributed by atoms with van der Waals surface area (Å²) in [5.74, 6) is 1.05. The van der Waals surface area contributed by atoms with Crippen LogP contribution in [-0.4, -0.2) is 23.8 Å². The van der Waals surface area contributed by atoms with Crippen LogP contribution in [0.2, 0.25) is 0 Å². The summed E-state index contributed by atoms with van der Waals surface area (Å²) in [5.41, 5.74) is 1.33.